The van der Waals surface area contributed by atoms with Gasteiger partial charge in [0, 0.05) is 32.2 Å². The molecule has 1 heterocycles. The van der Waals surface area contributed by atoms with E-state index < -0.39 is 15.8 Å². The predicted molar refractivity (Wildman–Crippen MR) is 104 cm³/mol. The molecule has 2 fully saturated rings. The van der Waals surface area contributed by atoms with Crippen LogP contribution < -0.4 is 5.32 Å². The van der Waals surface area contributed by atoms with E-state index in [-0.39, 0.29) is 4.90 Å². The van der Waals surface area contributed by atoms with Crippen molar-refractivity contribution in [1.82, 2.24) is 14.5 Å². The number of benzene rings is 1. The van der Waals surface area contributed by atoms with Crippen molar-refractivity contribution < 1.29 is 12.8 Å². The Morgan fingerprint density at radius 2 is 1.73 bits per heavy atom. The Morgan fingerprint density at radius 1 is 1.12 bits per heavy atom. The lowest BCUT2D eigenvalue weighted by Crippen LogP contribution is -2.55. The first kappa shape index (κ1) is 19.5. The van der Waals surface area contributed by atoms with E-state index in [1.807, 2.05) is 4.90 Å². The first-order chi connectivity index (χ1) is 12.4. The van der Waals surface area contributed by atoms with Crippen LogP contribution in [0.5, 0.6) is 0 Å². The van der Waals surface area contributed by atoms with E-state index >= 15 is 0 Å². The number of halogens is 1. The molecule has 8 heteroatoms. The van der Waals surface area contributed by atoms with Gasteiger partial charge in [0.25, 0.3) is 0 Å². The zero-order valence-electron chi connectivity index (χ0n) is 15.0. The molecule has 2 aliphatic rings. The molecule has 5 nitrogen and oxygen atoms in total. The quantitative estimate of drug-likeness (QED) is 0.792. The summed E-state index contributed by atoms with van der Waals surface area (Å²) in [4.78, 5) is 2.18. The highest BCUT2D eigenvalue weighted by atomic mass is 32.2. The number of hydrogen-bond donors (Lipinski definition) is 1. The summed E-state index contributed by atoms with van der Waals surface area (Å²) < 4.78 is 39.8. The van der Waals surface area contributed by atoms with Crippen LogP contribution in [0.1, 0.15) is 32.6 Å². The van der Waals surface area contributed by atoms with Crippen LogP contribution >= 0.6 is 12.2 Å². The number of hydrogen-bond acceptors (Lipinski definition) is 3. The van der Waals surface area contributed by atoms with Crippen molar-refractivity contribution in [3.05, 3.63) is 30.1 Å². The Bertz CT molecular complexity index is 731. The molecule has 1 aromatic rings. The van der Waals surface area contributed by atoms with Gasteiger partial charge in [-0.05, 0) is 55.2 Å². The molecule has 2 atom stereocenters. The first-order valence-corrected chi connectivity index (χ1v) is 11.0. The second kappa shape index (κ2) is 8.19. The summed E-state index contributed by atoms with van der Waals surface area (Å²) in [7, 11) is -3.59. The van der Waals surface area contributed by atoms with Crippen molar-refractivity contribution in [2.24, 2.45) is 5.92 Å². The fourth-order valence-corrected chi connectivity index (χ4v) is 5.42. The average Bonchev–Trinajstić information content (AvgIpc) is 2.64. The molecule has 144 valence electrons. The summed E-state index contributed by atoms with van der Waals surface area (Å²) in [6.07, 6.45) is 4.88. The molecule has 1 aliphatic heterocycles. The molecule has 0 amide bonds. The highest BCUT2D eigenvalue weighted by Gasteiger charge is 2.30. The monoisotopic (exact) mass is 399 g/mol. The summed E-state index contributed by atoms with van der Waals surface area (Å²) >= 11 is 5.55. The largest absolute Gasteiger partial charge is 0.360 e. The SMILES string of the molecule is C[C@H]1CCCC[C@@H]1NC(=S)N1CCN(S(=O)(=O)c2ccc(F)cc2)CC1. The van der Waals surface area contributed by atoms with Gasteiger partial charge in [-0.2, -0.15) is 4.31 Å². The maximum Gasteiger partial charge on any atom is 0.243 e. The van der Waals surface area contributed by atoms with Gasteiger partial charge in [-0.25, -0.2) is 12.8 Å². The topological polar surface area (TPSA) is 52.6 Å². The molecular formula is C18H26FN3O2S2. The second-order valence-corrected chi connectivity index (χ2v) is 9.49. The Morgan fingerprint density at radius 3 is 2.35 bits per heavy atom. The summed E-state index contributed by atoms with van der Waals surface area (Å²) in [5, 5.41) is 4.20. The van der Waals surface area contributed by atoms with Crippen LogP contribution in [0.4, 0.5) is 4.39 Å². The van der Waals surface area contributed by atoms with Gasteiger partial charge >= 0.3 is 0 Å². The Hall–Kier alpha value is -1.25. The van der Waals surface area contributed by atoms with Crippen molar-refractivity contribution in [2.45, 2.75) is 43.5 Å². The summed E-state index contributed by atoms with van der Waals surface area (Å²) in [6.45, 7) is 4.14. The van der Waals surface area contributed by atoms with Crippen LogP contribution in [-0.4, -0.2) is 55.0 Å². The normalized spacial score (nSPS) is 25.1. The van der Waals surface area contributed by atoms with Gasteiger partial charge in [0.15, 0.2) is 5.11 Å². The summed E-state index contributed by atoms with van der Waals surface area (Å²) in [5.41, 5.74) is 0. The minimum Gasteiger partial charge on any atom is -0.360 e. The zero-order valence-corrected chi connectivity index (χ0v) is 16.7. The second-order valence-electron chi connectivity index (χ2n) is 7.16. The molecule has 0 aromatic heterocycles. The van der Waals surface area contributed by atoms with E-state index in [0.29, 0.717) is 38.1 Å². The van der Waals surface area contributed by atoms with Crippen LogP contribution in [-0.2, 0) is 10.0 Å². The molecule has 0 spiro atoms. The molecule has 1 aliphatic carbocycles. The van der Waals surface area contributed by atoms with E-state index in [9.17, 15) is 12.8 Å². The van der Waals surface area contributed by atoms with Crippen molar-refractivity contribution in [1.29, 1.82) is 0 Å². The maximum absolute atomic E-state index is 13.0. The van der Waals surface area contributed by atoms with Crippen molar-refractivity contribution in [3.63, 3.8) is 0 Å². The van der Waals surface area contributed by atoms with Gasteiger partial charge in [-0.3, -0.25) is 0 Å². The van der Waals surface area contributed by atoms with Crippen LogP contribution in [0.15, 0.2) is 29.2 Å². The highest BCUT2D eigenvalue weighted by molar-refractivity contribution is 7.89. The lowest BCUT2D eigenvalue weighted by atomic mass is 9.86. The van der Waals surface area contributed by atoms with Crippen molar-refractivity contribution in [3.8, 4) is 0 Å². The standard InChI is InChI=1S/C18H26FN3O2S2/c1-14-4-2-3-5-17(14)20-18(25)21-10-12-22(13-11-21)26(23,24)16-8-6-15(19)7-9-16/h6-9,14,17H,2-5,10-13H2,1H3,(H,20,25)/t14-,17-/m0/s1. The van der Waals surface area contributed by atoms with Crippen LogP contribution in [0.2, 0.25) is 0 Å². The third kappa shape index (κ3) is 4.35. The fraction of sp³-hybridized carbons (Fsp3) is 0.611. The molecule has 1 aromatic carbocycles. The minimum absolute atomic E-state index is 0.129. The molecule has 0 bridgehead atoms. The molecule has 1 saturated heterocycles. The third-order valence-corrected chi connectivity index (χ3v) is 7.69. The molecule has 3 rings (SSSR count). The van der Waals surface area contributed by atoms with Gasteiger partial charge in [0.1, 0.15) is 5.82 Å². The summed E-state index contributed by atoms with van der Waals surface area (Å²) in [5.74, 6) is 0.170. The van der Waals surface area contributed by atoms with Gasteiger partial charge in [0.05, 0.1) is 4.90 Å². The van der Waals surface area contributed by atoms with E-state index in [1.54, 1.807) is 0 Å². The Kier molecular flexibility index (Phi) is 6.14. The lowest BCUT2D eigenvalue weighted by molar-refractivity contribution is 0.251. The number of sulfonamides is 1. The molecular weight excluding hydrogens is 373 g/mol. The van der Waals surface area contributed by atoms with Crippen LogP contribution in [0, 0.1) is 11.7 Å². The molecule has 0 radical (unpaired) electrons. The minimum atomic E-state index is -3.59. The number of piperazine rings is 1. The molecule has 26 heavy (non-hydrogen) atoms. The number of thiocarbonyl (C=S) groups is 1. The van der Waals surface area contributed by atoms with Gasteiger partial charge in [-0.1, -0.05) is 19.8 Å². The number of rotatable bonds is 3. The van der Waals surface area contributed by atoms with E-state index in [1.165, 1.54) is 47.8 Å². The maximum atomic E-state index is 13.0. The van der Waals surface area contributed by atoms with Crippen molar-refractivity contribution >= 4 is 27.4 Å². The summed E-state index contributed by atoms with van der Waals surface area (Å²) in [6, 6.07) is 5.39. The number of nitrogens with zero attached hydrogens (tertiary/aromatic N) is 2. The van der Waals surface area contributed by atoms with Gasteiger partial charge in [-0.15, -0.1) is 0 Å². The average molecular weight is 400 g/mol. The van der Waals surface area contributed by atoms with Gasteiger partial charge in [0.2, 0.25) is 10.0 Å². The van der Waals surface area contributed by atoms with Crippen LogP contribution in [0.25, 0.3) is 0 Å². The Balaban J connectivity index is 1.56. The van der Waals surface area contributed by atoms with E-state index in [2.05, 4.69) is 12.2 Å². The molecule has 1 N–H and O–H groups in total. The van der Waals surface area contributed by atoms with Gasteiger partial charge < -0.3 is 10.2 Å². The van der Waals surface area contributed by atoms with E-state index in [0.717, 1.165) is 11.5 Å². The number of nitrogens with one attached hydrogen (secondary N) is 1. The zero-order chi connectivity index (χ0) is 18.7. The molecule has 1 saturated carbocycles. The van der Waals surface area contributed by atoms with Crippen LogP contribution in [0.3, 0.4) is 0 Å². The predicted octanol–water partition coefficient (Wildman–Crippen LogP) is 2.59. The smallest absolute Gasteiger partial charge is 0.243 e. The Labute approximate surface area is 160 Å². The third-order valence-electron chi connectivity index (χ3n) is 5.40. The van der Waals surface area contributed by atoms with Crippen molar-refractivity contribution in [2.75, 3.05) is 26.2 Å². The molecule has 0 unspecified atom stereocenters. The van der Waals surface area contributed by atoms with E-state index in [4.69, 9.17) is 12.2 Å². The lowest BCUT2D eigenvalue weighted by Gasteiger charge is -2.38. The first-order valence-electron chi connectivity index (χ1n) is 9.19. The highest BCUT2D eigenvalue weighted by Crippen LogP contribution is 2.24. The fourth-order valence-electron chi connectivity index (χ4n) is 3.67.